The fourth-order valence-corrected chi connectivity index (χ4v) is 3.62. The van der Waals surface area contributed by atoms with Crippen molar-refractivity contribution >= 4 is 35.2 Å². The van der Waals surface area contributed by atoms with Crippen LogP contribution in [0.4, 0.5) is 0 Å². The van der Waals surface area contributed by atoms with Gasteiger partial charge in [0.2, 0.25) is 5.91 Å². The molecule has 5 N–H and O–H groups in total. The molecule has 3 aromatic rings. The number of nitrogens with two attached hydrogens (primary N) is 1. The quantitative estimate of drug-likeness (QED) is 0.328. The Kier molecular flexibility index (Phi) is 9.38. The lowest BCUT2D eigenvalue weighted by atomic mass is 10.0. The van der Waals surface area contributed by atoms with Gasteiger partial charge in [-0.3, -0.25) is 9.59 Å². The number of para-hydroxylation sites is 1. The molecule has 176 valence electrons. The largest absolute Gasteiger partial charge is 0.480 e. The molecule has 0 saturated carbocycles. The third-order valence-corrected chi connectivity index (χ3v) is 5.28. The molecule has 1 amide bonds. The van der Waals surface area contributed by atoms with Crippen LogP contribution in [0.1, 0.15) is 30.9 Å². The third-order valence-electron chi connectivity index (χ3n) is 5.28. The molecular weight excluding hydrogens is 448 g/mol. The van der Waals surface area contributed by atoms with E-state index < -0.39 is 35.2 Å². The molecule has 2 aromatic carbocycles. The number of hydrogen-bond acceptors (Lipinski definition) is 5. The lowest BCUT2D eigenvalue weighted by Crippen LogP contribution is -2.49. The van der Waals surface area contributed by atoms with Gasteiger partial charge in [0.1, 0.15) is 12.1 Å². The standard InChI is InChI=1S/C23H26N4O5.ClH/c24-13-7-6-12-18(22(30)31)25-20(28)19(14-15-8-2-1-3-9-15)27-21(29)16-10-4-5-11-17(16)26-23(27)32;/h1-5,8-11,18-19H,6-7,12-14,24H2,(H,25,28)(H,26,32)(H,30,31);1H/t18-,19-;/m0./s1. The molecular formula is C23H27ClN4O5. The number of carbonyl (C=O) groups is 2. The zero-order chi connectivity index (χ0) is 23.1. The second-order valence-electron chi connectivity index (χ2n) is 7.54. The predicted molar refractivity (Wildman–Crippen MR) is 128 cm³/mol. The number of aliphatic carboxylic acids is 1. The molecule has 0 bridgehead atoms. The zero-order valence-electron chi connectivity index (χ0n) is 17.9. The fourth-order valence-electron chi connectivity index (χ4n) is 3.62. The zero-order valence-corrected chi connectivity index (χ0v) is 18.7. The van der Waals surface area contributed by atoms with E-state index in [1.165, 1.54) is 0 Å². The van der Waals surface area contributed by atoms with Crippen LogP contribution in [0.3, 0.4) is 0 Å². The van der Waals surface area contributed by atoms with Crippen LogP contribution in [0.15, 0.2) is 64.2 Å². The van der Waals surface area contributed by atoms with Gasteiger partial charge in [-0.25, -0.2) is 14.2 Å². The lowest BCUT2D eigenvalue weighted by Gasteiger charge is -2.22. The van der Waals surface area contributed by atoms with Crippen LogP contribution in [0, 0.1) is 0 Å². The van der Waals surface area contributed by atoms with Crippen LogP contribution in [-0.4, -0.2) is 39.1 Å². The fraction of sp³-hybridized carbons (Fsp3) is 0.304. The van der Waals surface area contributed by atoms with Crippen LogP contribution < -0.4 is 22.3 Å². The van der Waals surface area contributed by atoms with Gasteiger partial charge in [-0.15, -0.1) is 12.4 Å². The first-order chi connectivity index (χ1) is 15.4. The Morgan fingerprint density at radius 3 is 2.36 bits per heavy atom. The van der Waals surface area contributed by atoms with Crippen LogP contribution in [0.25, 0.3) is 10.9 Å². The number of aromatic amines is 1. The summed E-state index contributed by atoms with van der Waals surface area (Å²) >= 11 is 0. The highest BCUT2D eigenvalue weighted by Crippen LogP contribution is 2.14. The summed E-state index contributed by atoms with van der Waals surface area (Å²) in [5.41, 5.74) is 5.21. The van der Waals surface area contributed by atoms with E-state index >= 15 is 0 Å². The maximum absolute atomic E-state index is 13.2. The number of nitrogens with one attached hydrogen (secondary N) is 2. The van der Waals surface area contributed by atoms with Crippen LogP contribution in [-0.2, 0) is 16.0 Å². The van der Waals surface area contributed by atoms with Gasteiger partial charge in [0, 0.05) is 6.42 Å². The molecule has 0 aliphatic carbocycles. The number of fused-ring (bicyclic) bond motifs is 1. The normalized spacial score (nSPS) is 12.5. The van der Waals surface area contributed by atoms with Crippen LogP contribution in [0.2, 0.25) is 0 Å². The van der Waals surface area contributed by atoms with Gasteiger partial charge >= 0.3 is 11.7 Å². The lowest BCUT2D eigenvalue weighted by molar-refractivity contribution is -0.142. The summed E-state index contributed by atoms with van der Waals surface area (Å²) in [6.45, 7) is 0.415. The van der Waals surface area contributed by atoms with Gasteiger partial charge < -0.3 is 21.1 Å². The summed E-state index contributed by atoms with van der Waals surface area (Å²) in [5.74, 6) is -1.90. The number of rotatable bonds is 10. The minimum atomic E-state index is -1.23. The number of nitrogens with zero attached hydrogens (tertiary/aromatic N) is 1. The minimum Gasteiger partial charge on any atom is -0.480 e. The summed E-state index contributed by atoms with van der Waals surface area (Å²) in [5, 5.41) is 12.3. The SMILES string of the molecule is Cl.NCCCC[C@H](NC(=O)[C@H](Cc1ccccc1)n1c(=O)[nH]c2ccccc2c1=O)C(=O)O. The van der Waals surface area contributed by atoms with Gasteiger partial charge in [-0.1, -0.05) is 42.5 Å². The molecule has 9 nitrogen and oxygen atoms in total. The highest BCUT2D eigenvalue weighted by Gasteiger charge is 2.29. The molecule has 1 aromatic heterocycles. The monoisotopic (exact) mass is 474 g/mol. The molecule has 0 fully saturated rings. The van der Waals surface area contributed by atoms with Gasteiger partial charge in [-0.2, -0.15) is 0 Å². The Hall–Kier alpha value is -3.43. The number of aromatic nitrogens is 2. The van der Waals surface area contributed by atoms with Crippen LogP contribution in [0.5, 0.6) is 0 Å². The number of carbonyl (C=O) groups excluding carboxylic acids is 1. The molecule has 0 aliphatic rings. The van der Waals surface area contributed by atoms with E-state index in [0.29, 0.717) is 24.9 Å². The summed E-state index contributed by atoms with van der Waals surface area (Å²) in [6, 6.07) is 13.1. The highest BCUT2D eigenvalue weighted by atomic mass is 35.5. The molecule has 33 heavy (non-hydrogen) atoms. The van der Waals surface area contributed by atoms with Crippen molar-refractivity contribution in [3.8, 4) is 0 Å². The number of amides is 1. The summed E-state index contributed by atoms with van der Waals surface area (Å²) < 4.78 is 0.865. The van der Waals surface area contributed by atoms with E-state index in [9.17, 15) is 24.3 Å². The average molecular weight is 475 g/mol. The number of unbranched alkanes of at least 4 members (excludes halogenated alkanes) is 1. The third kappa shape index (κ3) is 6.30. The maximum atomic E-state index is 13.2. The number of carboxylic acid groups (broad SMARTS) is 1. The number of benzene rings is 2. The Balaban J connectivity index is 0.00000385. The topological polar surface area (TPSA) is 147 Å². The average Bonchev–Trinajstić information content (AvgIpc) is 2.78. The Bertz CT molecular complexity index is 1210. The molecule has 1 heterocycles. The second kappa shape index (κ2) is 12.0. The number of halogens is 1. The highest BCUT2D eigenvalue weighted by molar-refractivity contribution is 5.86. The van der Waals surface area contributed by atoms with Gasteiger partial charge in [0.05, 0.1) is 10.9 Å². The molecule has 0 aliphatic heterocycles. The summed E-state index contributed by atoms with van der Waals surface area (Å²) in [7, 11) is 0. The van der Waals surface area contributed by atoms with Crippen molar-refractivity contribution in [2.75, 3.05) is 6.54 Å². The number of carboxylic acids is 1. The first-order valence-electron chi connectivity index (χ1n) is 10.4. The minimum absolute atomic E-state index is 0. The van der Waals surface area contributed by atoms with Crippen molar-refractivity contribution < 1.29 is 14.7 Å². The van der Waals surface area contributed by atoms with E-state index in [4.69, 9.17) is 5.73 Å². The summed E-state index contributed by atoms with van der Waals surface area (Å²) in [6.07, 6.45) is 1.38. The predicted octanol–water partition coefficient (Wildman–Crippen LogP) is 1.59. The maximum Gasteiger partial charge on any atom is 0.329 e. The summed E-state index contributed by atoms with van der Waals surface area (Å²) in [4.78, 5) is 53.5. The molecule has 10 heteroatoms. The Labute approximate surface area is 196 Å². The van der Waals surface area contributed by atoms with Crippen LogP contribution >= 0.6 is 12.4 Å². The first kappa shape index (κ1) is 25.8. The molecule has 0 radical (unpaired) electrons. The molecule has 2 atom stereocenters. The Morgan fingerprint density at radius 1 is 1.03 bits per heavy atom. The Morgan fingerprint density at radius 2 is 1.70 bits per heavy atom. The van der Waals surface area contributed by atoms with Gasteiger partial charge in [0.25, 0.3) is 5.56 Å². The van der Waals surface area contributed by atoms with Crippen molar-refractivity contribution in [3.05, 3.63) is 81.0 Å². The first-order valence-corrected chi connectivity index (χ1v) is 10.4. The van der Waals surface area contributed by atoms with Crippen molar-refractivity contribution in [1.29, 1.82) is 0 Å². The number of hydrogen-bond donors (Lipinski definition) is 4. The van der Waals surface area contributed by atoms with E-state index in [2.05, 4.69) is 10.3 Å². The van der Waals surface area contributed by atoms with Crippen molar-refractivity contribution in [2.24, 2.45) is 5.73 Å². The van der Waals surface area contributed by atoms with Gasteiger partial charge in [0.15, 0.2) is 0 Å². The van der Waals surface area contributed by atoms with Gasteiger partial charge in [-0.05, 0) is 43.5 Å². The van der Waals surface area contributed by atoms with E-state index in [0.717, 1.165) is 10.1 Å². The molecule has 0 saturated heterocycles. The second-order valence-corrected chi connectivity index (χ2v) is 7.54. The van der Waals surface area contributed by atoms with E-state index in [1.54, 1.807) is 48.5 Å². The van der Waals surface area contributed by atoms with Crippen molar-refractivity contribution in [1.82, 2.24) is 14.9 Å². The molecule has 3 rings (SSSR count). The van der Waals surface area contributed by atoms with Crippen molar-refractivity contribution in [3.63, 3.8) is 0 Å². The van der Waals surface area contributed by atoms with E-state index in [-0.39, 0.29) is 30.6 Å². The van der Waals surface area contributed by atoms with Crippen molar-refractivity contribution in [2.45, 2.75) is 37.8 Å². The smallest absolute Gasteiger partial charge is 0.329 e. The molecule has 0 unspecified atom stereocenters. The number of H-pyrrole nitrogens is 1. The molecule has 0 spiro atoms. The van der Waals surface area contributed by atoms with E-state index in [1.807, 2.05) is 6.07 Å².